The van der Waals surface area contributed by atoms with Gasteiger partial charge in [-0.15, -0.1) is 0 Å². The zero-order valence-electron chi connectivity index (χ0n) is 3.66. The molecule has 3 N–H and O–H groups in total. The fourth-order valence-electron chi connectivity index (χ4n) is 0. The SMILES string of the molecule is C[NH3+].[B-].[Cl-].[Na+]. The molecular formula is CH6BClNNa. The summed E-state index contributed by atoms with van der Waals surface area (Å²) in [5.74, 6) is 0. The van der Waals surface area contributed by atoms with Crippen LogP contribution in [0, 0.1) is 0 Å². The van der Waals surface area contributed by atoms with Gasteiger partial charge in [-0.05, 0) is 0 Å². The average Bonchev–Trinajstić information content (AvgIpc) is 1.00. The topological polar surface area (TPSA) is 27.6 Å². The summed E-state index contributed by atoms with van der Waals surface area (Å²) >= 11 is 0. The van der Waals surface area contributed by atoms with E-state index in [1.165, 1.54) is 0 Å². The number of quaternary nitrogens is 1. The number of halogens is 1. The van der Waals surface area contributed by atoms with Gasteiger partial charge in [0, 0.05) is 0 Å². The summed E-state index contributed by atoms with van der Waals surface area (Å²) in [5, 5.41) is 0. The van der Waals surface area contributed by atoms with Crippen LogP contribution in [0.2, 0.25) is 0 Å². The molecule has 0 rings (SSSR count). The predicted octanol–water partition coefficient (Wildman–Crippen LogP) is -7.51. The minimum absolute atomic E-state index is 0. The summed E-state index contributed by atoms with van der Waals surface area (Å²) in [5.41, 5.74) is 3.25. The van der Waals surface area contributed by atoms with Gasteiger partial charge in [-0.3, -0.25) is 0 Å². The molecule has 4 heteroatoms. The Bertz CT molecular complexity index is 11.6. The van der Waals surface area contributed by atoms with Crippen molar-refractivity contribution in [3.63, 3.8) is 0 Å². The minimum Gasteiger partial charge on any atom is -1.00 e. The van der Waals surface area contributed by atoms with Gasteiger partial charge in [0.15, 0.2) is 0 Å². The maximum atomic E-state index is 3.25. The summed E-state index contributed by atoms with van der Waals surface area (Å²) in [6.07, 6.45) is 0. The first kappa shape index (κ1) is 33.3. The first-order valence-electron chi connectivity index (χ1n) is 0.707. The van der Waals surface area contributed by atoms with Crippen molar-refractivity contribution in [3.8, 4) is 0 Å². The molecule has 0 amide bonds. The third-order valence-corrected chi connectivity index (χ3v) is 0. The van der Waals surface area contributed by atoms with Gasteiger partial charge in [0.1, 0.15) is 0 Å². The van der Waals surface area contributed by atoms with Gasteiger partial charge in [-0.1, -0.05) is 0 Å². The molecule has 0 aliphatic heterocycles. The maximum absolute atomic E-state index is 3.25. The van der Waals surface area contributed by atoms with Crippen LogP contribution in [-0.2, 0) is 0 Å². The maximum Gasteiger partial charge on any atom is 1.00 e. The summed E-state index contributed by atoms with van der Waals surface area (Å²) in [7, 11) is 1.75. The van der Waals surface area contributed by atoms with E-state index in [1.54, 1.807) is 7.05 Å². The molecule has 0 unspecified atom stereocenters. The van der Waals surface area contributed by atoms with Crippen LogP contribution in [0.4, 0.5) is 0 Å². The molecule has 0 aromatic heterocycles. The van der Waals surface area contributed by atoms with Gasteiger partial charge in [0.05, 0.1) is 7.05 Å². The van der Waals surface area contributed by atoms with Gasteiger partial charge in [0.2, 0.25) is 0 Å². The Balaban J connectivity index is -0.00000000167. The number of hydrogen-bond acceptors (Lipinski definition) is 0. The summed E-state index contributed by atoms with van der Waals surface area (Å²) in [4.78, 5) is 0. The van der Waals surface area contributed by atoms with Crippen molar-refractivity contribution in [2.45, 2.75) is 0 Å². The molecule has 0 saturated heterocycles. The minimum atomic E-state index is 0. The number of hydrogen-bond donors (Lipinski definition) is 1. The summed E-state index contributed by atoms with van der Waals surface area (Å²) < 4.78 is 0. The Hall–Kier alpha value is 1.31. The van der Waals surface area contributed by atoms with Gasteiger partial charge in [-0.2, -0.15) is 0 Å². The van der Waals surface area contributed by atoms with E-state index in [0.717, 1.165) is 0 Å². The van der Waals surface area contributed by atoms with E-state index in [-0.39, 0.29) is 50.4 Å². The standard InChI is InChI=1S/CH5N.B.ClH.Na/c1-2;;;/h2H2,1H3;;1H;/q;-1;;+1. The normalized spacial score (nSPS) is 1.20. The van der Waals surface area contributed by atoms with Crippen LogP contribution in [0.3, 0.4) is 0 Å². The Morgan fingerprint density at radius 2 is 1.20 bits per heavy atom. The molecule has 0 atom stereocenters. The Morgan fingerprint density at radius 1 is 1.20 bits per heavy atom. The Kier molecular flexibility index (Phi) is 381. The van der Waals surface area contributed by atoms with Crippen LogP contribution < -0.4 is 47.7 Å². The molecule has 0 aromatic rings. The van der Waals surface area contributed by atoms with Gasteiger partial charge in [-0.25, -0.2) is 0 Å². The molecular weight excluding hydrogens is 95.3 g/mol. The Morgan fingerprint density at radius 3 is 1.20 bits per heavy atom. The van der Waals surface area contributed by atoms with Gasteiger partial charge in [0.25, 0.3) is 0 Å². The van der Waals surface area contributed by atoms with Crippen LogP contribution >= 0.6 is 0 Å². The van der Waals surface area contributed by atoms with E-state index in [0.29, 0.717) is 0 Å². The van der Waals surface area contributed by atoms with Gasteiger partial charge >= 0.3 is 29.6 Å². The van der Waals surface area contributed by atoms with Crippen LogP contribution in [0.15, 0.2) is 0 Å². The van der Waals surface area contributed by atoms with Crippen molar-refractivity contribution in [2.75, 3.05) is 7.05 Å². The molecule has 1 nitrogen and oxygen atoms in total. The molecule has 0 heterocycles. The van der Waals surface area contributed by atoms with E-state index in [4.69, 9.17) is 0 Å². The molecule has 0 aliphatic rings. The van der Waals surface area contributed by atoms with Crippen molar-refractivity contribution >= 4 is 8.41 Å². The van der Waals surface area contributed by atoms with E-state index in [9.17, 15) is 0 Å². The molecule has 0 aliphatic carbocycles. The van der Waals surface area contributed by atoms with E-state index in [1.807, 2.05) is 0 Å². The first-order chi connectivity index (χ1) is 1.00. The third kappa shape index (κ3) is 33.8. The monoisotopic (exact) mass is 101 g/mol. The van der Waals surface area contributed by atoms with E-state index < -0.39 is 0 Å². The zero-order valence-corrected chi connectivity index (χ0v) is 6.42. The second-order valence-corrected chi connectivity index (χ2v) is 0. The quantitative estimate of drug-likeness (QED) is 0.294. The fraction of sp³-hybridized carbons (Fsp3) is 1.00. The second-order valence-electron chi connectivity index (χ2n) is 0. The summed E-state index contributed by atoms with van der Waals surface area (Å²) in [6, 6.07) is 0. The van der Waals surface area contributed by atoms with Crippen molar-refractivity contribution in [1.82, 2.24) is 0 Å². The molecule has 4 radical (unpaired) electrons. The summed E-state index contributed by atoms with van der Waals surface area (Å²) in [6.45, 7) is 0. The first-order valence-corrected chi connectivity index (χ1v) is 0.707. The second kappa shape index (κ2) is 57.2. The molecule has 0 fully saturated rings. The molecule has 0 aromatic carbocycles. The van der Waals surface area contributed by atoms with Crippen molar-refractivity contribution < 1.29 is 47.7 Å². The Labute approximate surface area is 63.0 Å². The molecule has 0 saturated carbocycles. The van der Waals surface area contributed by atoms with Crippen molar-refractivity contribution in [1.29, 1.82) is 0 Å². The average molecular weight is 101 g/mol. The van der Waals surface area contributed by atoms with Crippen LogP contribution in [0.1, 0.15) is 0 Å². The molecule has 0 bridgehead atoms. The van der Waals surface area contributed by atoms with Crippen LogP contribution in [-0.4, -0.2) is 15.5 Å². The molecule has 5 heavy (non-hydrogen) atoms. The molecule has 0 spiro atoms. The third-order valence-electron chi connectivity index (χ3n) is 0. The van der Waals surface area contributed by atoms with E-state index >= 15 is 0 Å². The van der Waals surface area contributed by atoms with Gasteiger partial charge < -0.3 is 26.6 Å². The van der Waals surface area contributed by atoms with E-state index in [2.05, 4.69) is 5.73 Å². The zero-order chi connectivity index (χ0) is 2.00. The van der Waals surface area contributed by atoms with Crippen LogP contribution in [0.5, 0.6) is 0 Å². The fourth-order valence-corrected chi connectivity index (χ4v) is 0. The van der Waals surface area contributed by atoms with Crippen molar-refractivity contribution in [2.24, 2.45) is 0 Å². The number of rotatable bonds is 0. The smallest absolute Gasteiger partial charge is 1.00 e. The molecule has 26 valence electrons. The largest absolute Gasteiger partial charge is 1.00 e. The van der Waals surface area contributed by atoms with Crippen molar-refractivity contribution in [3.05, 3.63) is 0 Å². The predicted molar refractivity (Wildman–Crippen MR) is 14.6 cm³/mol. The van der Waals surface area contributed by atoms with Crippen LogP contribution in [0.25, 0.3) is 0 Å².